The number of likely N-dealkylation sites (tertiary alicyclic amines) is 1. The highest BCUT2D eigenvalue weighted by molar-refractivity contribution is 7.99. The predicted octanol–water partition coefficient (Wildman–Crippen LogP) is 3.40. The number of benzene rings is 1. The predicted molar refractivity (Wildman–Crippen MR) is 83.1 cm³/mol. The molecule has 3 heteroatoms. The zero-order chi connectivity index (χ0) is 13.7. The van der Waals surface area contributed by atoms with E-state index in [1.54, 1.807) is 0 Å². The maximum absolute atomic E-state index is 12.1. The minimum absolute atomic E-state index is 0.274. The zero-order valence-corrected chi connectivity index (χ0v) is 12.7. The first-order chi connectivity index (χ1) is 9.19. The Kier molecular flexibility index (Phi) is 5.46. The monoisotopic (exact) mass is 277 g/mol. The summed E-state index contributed by atoms with van der Waals surface area (Å²) in [6, 6.07) is 7.91. The number of carbonyl (C=O) groups excluding carboxylic acids is 1. The van der Waals surface area contributed by atoms with E-state index in [2.05, 4.69) is 11.2 Å². The number of hydrogen-bond donors (Lipinski definition) is 0. The Morgan fingerprint density at radius 1 is 1.37 bits per heavy atom. The Morgan fingerprint density at radius 2 is 2.11 bits per heavy atom. The van der Waals surface area contributed by atoms with Crippen LogP contribution in [0.4, 0.5) is 0 Å². The molecule has 2 nitrogen and oxygen atoms in total. The summed E-state index contributed by atoms with van der Waals surface area (Å²) in [7, 11) is 0. The summed E-state index contributed by atoms with van der Waals surface area (Å²) in [5.74, 6) is 0.274. The molecule has 19 heavy (non-hydrogen) atoms. The van der Waals surface area contributed by atoms with Gasteiger partial charge < -0.3 is 4.90 Å². The molecular weight excluding hydrogens is 254 g/mol. The number of ketones is 1. The van der Waals surface area contributed by atoms with Crippen LogP contribution in [0, 0.1) is 6.92 Å². The summed E-state index contributed by atoms with van der Waals surface area (Å²) >= 11 is 1.98. The van der Waals surface area contributed by atoms with E-state index in [1.807, 2.05) is 43.0 Å². The zero-order valence-electron chi connectivity index (χ0n) is 11.9. The van der Waals surface area contributed by atoms with Crippen molar-refractivity contribution in [1.29, 1.82) is 0 Å². The highest BCUT2D eigenvalue weighted by Crippen LogP contribution is 2.21. The molecule has 1 saturated heterocycles. The largest absolute Gasteiger partial charge is 0.303 e. The fraction of sp³-hybridized carbons (Fsp3) is 0.562. The van der Waals surface area contributed by atoms with E-state index in [0.29, 0.717) is 6.42 Å². The summed E-state index contributed by atoms with van der Waals surface area (Å²) in [4.78, 5) is 14.6. The van der Waals surface area contributed by atoms with E-state index < -0.39 is 0 Å². The van der Waals surface area contributed by atoms with Gasteiger partial charge in [0, 0.05) is 23.8 Å². The number of Topliss-reactive ketones (excluding diaryl/α,β-unsaturated/α-hetero) is 1. The lowest BCUT2D eigenvalue weighted by Gasteiger charge is -2.30. The number of nitrogens with zero attached hydrogens (tertiary/aromatic N) is 1. The lowest BCUT2D eigenvalue weighted by Crippen LogP contribution is -2.36. The van der Waals surface area contributed by atoms with Crippen LogP contribution in [-0.2, 0) is 0 Å². The van der Waals surface area contributed by atoms with Crippen LogP contribution in [0.1, 0.15) is 35.2 Å². The standard InChI is InChI=1S/C16H23NOS/c1-13-4-3-5-14(12-13)16(18)8-11-17-9-6-15(19-2)7-10-17/h3-5,12,15H,6-11H2,1-2H3. The molecule has 0 aromatic heterocycles. The molecule has 0 amide bonds. The highest BCUT2D eigenvalue weighted by Gasteiger charge is 2.18. The topological polar surface area (TPSA) is 20.3 Å². The van der Waals surface area contributed by atoms with Crippen molar-refractivity contribution in [2.75, 3.05) is 25.9 Å². The first-order valence-electron chi connectivity index (χ1n) is 7.04. The van der Waals surface area contributed by atoms with E-state index in [0.717, 1.165) is 36.0 Å². The lowest BCUT2D eigenvalue weighted by molar-refractivity contribution is 0.0959. The fourth-order valence-corrected chi connectivity index (χ4v) is 3.27. The van der Waals surface area contributed by atoms with Gasteiger partial charge >= 0.3 is 0 Å². The first-order valence-corrected chi connectivity index (χ1v) is 8.33. The number of carbonyl (C=O) groups is 1. The third-order valence-electron chi connectivity index (χ3n) is 3.86. The summed E-state index contributed by atoms with van der Waals surface area (Å²) < 4.78 is 0. The molecule has 1 heterocycles. The maximum atomic E-state index is 12.1. The molecule has 0 spiro atoms. The van der Waals surface area contributed by atoms with Crippen LogP contribution < -0.4 is 0 Å². The summed E-state index contributed by atoms with van der Waals surface area (Å²) in [6.07, 6.45) is 5.37. The molecule has 1 aliphatic heterocycles. The molecular formula is C16H23NOS. The third kappa shape index (κ3) is 4.36. The highest BCUT2D eigenvalue weighted by atomic mass is 32.2. The summed E-state index contributed by atoms with van der Waals surface area (Å²) in [5.41, 5.74) is 2.02. The van der Waals surface area contributed by atoms with Crippen molar-refractivity contribution in [3.8, 4) is 0 Å². The van der Waals surface area contributed by atoms with Gasteiger partial charge in [0.05, 0.1) is 0 Å². The van der Waals surface area contributed by atoms with Gasteiger partial charge in [-0.25, -0.2) is 0 Å². The summed E-state index contributed by atoms with van der Waals surface area (Å²) in [6.45, 7) is 5.23. The lowest BCUT2D eigenvalue weighted by atomic mass is 10.0. The Balaban J connectivity index is 1.78. The van der Waals surface area contributed by atoms with Crippen molar-refractivity contribution < 1.29 is 4.79 Å². The molecule has 1 aromatic carbocycles. The van der Waals surface area contributed by atoms with Crippen molar-refractivity contribution in [2.45, 2.75) is 31.4 Å². The molecule has 0 aliphatic carbocycles. The Morgan fingerprint density at radius 3 is 2.74 bits per heavy atom. The van der Waals surface area contributed by atoms with Crippen LogP contribution in [0.3, 0.4) is 0 Å². The van der Waals surface area contributed by atoms with E-state index in [-0.39, 0.29) is 5.78 Å². The molecule has 0 bridgehead atoms. The molecule has 0 radical (unpaired) electrons. The second kappa shape index (κ2) is 7.11. The molecule has 104 valence electrons. The van der Waals surface area contributed by atoms with Gasteiger partial charge in [0.25, 0.3) is 0 Å². The average Bonchev–Trinajstić information content (AvgIpc) is 2.45. The quantitative estimate of drug-likeness (QED) is 0.769. The SMILES string of the molecule is CSC1CCN(CCC(=O)c2cccc(C)c2)CC1. The van der Waals surface area contributed by atoms with Crippen LogP contribution in [0.15, 0.2) is 24.3 Å². The molecule has 0 unspecified atom stereocenters. The van der Waals surface area contributed by atoms with Gasteiger partial charge in [-0.2, -0.15) is 11.8 Å². The molecule has 0 atom stereocenters. The third-order valence-corrected chi connectivity index (χ3v) is 5.00. The Hall–Kier alpha value is -0.800. The molecule has 1 aromatic rings. The summed E-state index contributed by atoms with van der Waals surface area (Å²) in [5, 5.41) is 0.823. The van der Waals surface area contributed by atoms with Crippen molar-refractivity contribution >= 4 is 17.5 Å². The van der Waals surface area contributed by atoms with Crippen LogP contribution >= 0.6 is 11.8 Å². The fourth-order valence-electron chi connectivity index (χ4n) is 2.59. The Labute approximate surface area is 120 Å². The van der Waals surface area contributed by atoms with E-state index >= 15 is 0 Å². The number of piperidine rings is 1. The van der Waals surface area contributed by atoms with Gasteiger partial charge in [-0.15, -0.1) is 0 Å². The normalized spacial score (nSPS) is 17.6. The van der Waals surface area contributed by atoms with Gasteiger partial charge in [-0.3, -0.25) is 4.79 Å². The number of thioether (sulfide) groups is 1. The second-order valence-electron chi connectivity index (χ2n) is 5.32. The van der Waals surface area contributed by atoms with Crippen LogP contribution in [0.2, 0.25) is 0 Å². The van der Waals surface area contributed by atoms with Crippen LogP contribution in [-0.4, -0.2) is 41.8 Å². The van der Waals surface area contributed by atoms with Crippen molar-refractivity contribution in [1.82, 2.24) is 4.90 Å². The van der Waals surface area contributed by atoms with Crippen molar-refractivity contribution in [3.63, 3.8) is 0 Å². The van der Waals surface area contributed by atoms with Crippen molar-refractivity contribution in [2.24, 2.45) is 0 Å². The number of rotatable bonds is 5. The second-order valence-corrected chi connectivity index (χ2v) is 6.46. The molecule has 0 saturated carbocycles. The van der Waals surface area contributed by atoms with Gasteiger partial charge in [0.1, 0.15) is 0 Å². The molecule has 1 aliphatic rings. The molecule has 2 rings (SSSR count). The molecule has 0 N–H and O–H groups in total. The number of aryl methyl sites for hydroxylation is 1. The van der Waals surface area contributed by atoms with E-state index in [9.17, 15) is 4.79 Å². The number of hydrogen-bond acceptors (Lipinski definition) is 3. The van der Waals surface area contributed by atoms with Crippen LogP contribution in [0.25, 0.3) is 0 Å². The average molecular weight is 277 g/mol. The van der Waals surface area contributed by atoms with Gasteiger partial charge in [0.15, 0.2) is 5.78 Å². The minimum Gasteiger partial charge on any atom is -0.303 e. The van der Waals surface area contributed by atoms with Crippen molar-refractivity contribution in [3.05, 3.63) is 35.4 Å². The van der Waals surface area contributed by atoms with Gasteiger partial charge in [-0.1, -0.05) is 23.8 Å². The van der Waals surface area contributed by atoms with Crippen LogP contribution in [0.5, 0.6) is 0 Å². The van der Waals surface area contributed by atoms with E-state index in [4.69, 9.17) is 0 Å². The minimum atomic E-state index is 0.274. The Bertz CT molecular complexity index is 425. The van der Waals surface area contributed by atoms with E-state index in [1.165, 1.54) is 12.8 Å². The molecule has 1 fully saturated rings. The van der Waals surface area contributed by atoms with Gasteiger partial charge in [-0.05, 0) is 45.2 Å². The maximum Gasteiger partial charge on any atom is 0.164 e. The first kappa shape index (κ1) is 14.6. The smallest absolute Gasteiger partial charge is 0.164 e. The van der Waals surface area contributed by atoms with Gasteiger partial charge in [0.2, 0.25) is 0 Å².